The summed E-state index contributed by atoms with van der Waals surface area (Å²) in [4.78, 5) is 0. The molecule has 0 radical (unpaired) electrons. The third kappa shape index (κ3) is 3.21. The molecule has 4 atom stereocenters. The molecule has 0 aromatic heterocycles. The predicted octanol–water partition coefficient (Wildman–Crippen LogP) is 3.61. The van der Waals surface area contributed by atoms with E-state index in [0.29, 0.717) is 12.5 Å². The minimum atomic E-state index is 0.449. The molecule has 0 heterocycles. The van der Waals surface area contributed by atoms with Gasteiger partial charge in [0.15, 0.2) is 0 Å². The second-order valence-corrected chi connectivity index (χ2v) is 5.70. The molecule has 0 spiro atoms. The molecule has 1 heteroatoms. The van der Waals surface area contributed by atoms with Gasteiger partial charge in [-0.05, 0) is 36.5 Å². The second-order valence-electron chi connectivity index (χ2n) is 5.70. The Labute approximate surface area is 94.3 Å². The first kappa shape index (κ1) is 11.4. The van der Waals surface area contributed by atoms with E-state index in [0.717, 1.165) is 17.8 Å². The van der Waals surface area contributed by atoms with Gasteiger partial charge in [0.2, 0.25) is 0 Å². The average molecular weight is 210 g/mol. The molecule has 0 saturated heterocycles. The average Bonchev–Trinajstić information content (AvgIpc) is 3.11. The first-order valence-corrected chi connectivity index (χ1v) is 6.97. The van der Waals surface area contributed by atoms with Crippen molar-refractivity contribution in [3.8, 4) is 0 Å². The molecule has 0 bridgehead atoms. The van der Waals surface area contributed by atoms with Gasteiger partial charge in [0.1, 0.15) is 0 Å². The maximum atomic E-state index is 9.01. The fraction of sp³-hybridized carbons (Fsp3) is 1.00. The minimum absolute atomic E-state index is 0.449. The predicted molar refractivity (Wildman–Crippen MR) is 63.7 cm³/mol. The van der Waals surface area contributed by atoms with E-state index in [2.05, 4.69) is 6.92 Å². The first-order valence-electron chi connectivity index (χ1n) is 6.97. The van der Waals surface area contributed by atoms with Gasteiger partial charge < -0.3 is 5.11 Å². The number of hydrogen-bond donors (Lipinski definition) is 1. The quantitative estimate of drug-likeness (QED) is 0.607. The van der Waals surface area contributed by atoms with Crippen LogP contribution in [0.25, 0.3) is 0 Å². The highest BCUT2D eigenvalue weighted by Gasteiger charge is 2.52. The highest BCUT2D eigenvalue weighted by atomic mass is 16.3. The third-order valence-electron chi connectivity index (χ3n) is 4.42. The van der Waals surface area contributed by atoms with Crippen LogP contribution in [0, 0.1) is 23.7 Å². The number of rotatable bonds is 8. The Morgan fingerprint density at radius 2 is 1.60 bits per heavy atom. The molecule has 0 aromatic rings. The molecule has 2 aliphatic rings. The van der Waals surface area contributed by atoms with E-state index in [1.165, 1.54) is 51.4 Å². The number of aliphatic hydroxyl groups is 1. The lowest BCUT2D eigenvalue weighted by molar-refractivity contribution is 0.265. The Morgan fingerprint density at radius 3 is 2.27 bits per heavy atom. The van der Waals surface area contributed by atoms with Gasteiger partial charge in [0.05, 0.1) is 0 Å². The zero-order chi connectivity index (χ0) is 10.7. The van der Waals surface area contributed by atoms with Crippen molar-refractivity contribution in [3.05, 3.63) is 0 Å². The summed E-state index contributed by atoms with van der Waals surface area (Å²) in [5, 5.41) is 9.01. The lowest BCUT2D eigenvalue weighted by Gasteiger charge is -2.00. The van der Waals surface area contributed by atoms with Gasteiger partial charge in [-0.1, -0.05) is 45.4 Å². The molecule has 0 aromatic carbocycles. The Hall–Kier alpha value is -0.0400. The number of hydrogen-bond acceptors (Lipinski definition) is 1. The van der Waals surface area contributed by atoms with Crippen molar-refractivity contribution < 1.29 is 5.11 Å². The molecule has 2 rings (SSSR count). The molecule has 2 fully saturated rings. The summed E-state index contributed by atoms with van der Waals surface area (Å²) < 4.78 is 0. The minimum Gasteiger partial charge on any atom is -0.396 e. The Morgan fingerprint density at radius 1 is 0.933 bits per heavy atom. The Kier molecular flexibility index (Phi) is 4.07. The van der Waals surface area contributed by atoms with Gasteiger partial charge in [0, 0.05) is 6.61 Å². The SMILES string of the molecule is CCCCCCCC1CC1C1CC1CO. The van der Waals surface area contributed by atoms with Gasteiger partial charge in [0.25, 0.3) is 0 Å². The van der Waals surface area contributed by atoms with E-state index in [9.17, 15) is 0 Å². The molecule has 0 aliphatic heterocycles. The van der Waals surface area contributed by atoms with Gasteiger partial charge in [-0.3, -0.25) is 0 Å². The Balaban J connectivity index is 1.46. The highest BCUT2D eigenvalue weighted by molar-refractivity contribution is 5.01. The van der Waals surface area contributed by atoms with Gasteiger partial charge in [-0.25, -0.2) is 0 Å². The van der Waals surface area contributed by atoms with E-state index in [1.807, 2.05) is 0 Å². The van der Waals surface area contributed by atoms with Crippen molar-refractivity contribution in [2.75, 3.05) is 6.61 Å². The van der Waals surface area contributed by atoms with Crippen molar-refractivity contribution in [2.45, 2.75) is 58.3 Å². The summed E-state index contributed by atoms with van der Waals surface area (Å²) in [5.74, 6) is 3.69. The smallest absolute Gasteiger partial charge is 0.0462 e. The lowest BCUT2D eigenvalue weighted by Crippen LogP contribution is -1.93. The van der Waals surface area contributed by atoms with Crippen molar-refractivity contribution in [1.82, 2.24) is 0 Å². The third-order valence-corrected chi connectivity index (χ3v) is 4.42. The van der Waals surface area contributed by atoms with Crippen LogP contribution in [0.1, 0.15) is 58.3 Å². The van der Waals surface area contributed by atoms with Gasteiger partial charge in [-0.15, -0.1) is 0 Å². The molecule has 1 N–H and O–H groups in total. The summed E-state index contributed by atoms with van der Waals surface area (Å²) in [6.07, 6.45) is 11.4. The zero-order valence-electron chi connectivity index (χ0n) is 10.1. The first-order chi connectivity index (χ1) is 7.36. The van der Waals surface area contributed by atoms with Crippen molar-refractivity contribution >= 4 is 0 Å². The normalized spacial score (nSPS) is 38.0. The van der Waals surface area contributed by atoms with Crippen LogP contribution in [0.2, 0.25) is 0 Å². The standard InChI is InChI=1S/C14H26O/c1-2-3-4-5-6-7-11-8-13(11)14-9-12(14)10-15/h11-15H,2-10H2,1H3. The number of aliphatic hydroxyl groups excluding tert-OH is 1. The summed E-state index contributed by atoms with van der Waals surface area (Å²) in [6, 6.07) is 0. The van der Waals surface area contributed by atoms with E-state index >= 15 is 0 Å². The maximum absolute atomic E-state index is 9.01. The van der Waals surface area contributed by atoms with Gasteiger partial charge in [-0.2, -0.15) is 0 Å². The van der Waals surface area contributed by atoms with E-state index in [-0.39, 0.29) is 0 Å². The molecule has 0 amide bonds. The Bertz CT molecular complexity index is 190. The van der Waals surface area contributed by atoms with Crippen LogP contribution >= 0.6 is 0 Å². The van der Waals surface area contributed by atoms with Crippen LogP contribution in [0.15, 0.2) is 0 Å². The van der Waals surface area contributed by atoms with Gasteiger partial charge >= 0.3 is 0 Å². The van der Waals surface area contributed by atoms with Crippen LogP contribution in [0.3, 0.4) is 0 Å². The van der Waals surface area contributed by atoms with E-state index in [1.54, 1.807) is 0 Å². The van der Waals surface area contributed by atoms with Crippen molar-refractivity contribution in [2.24, 2.45) is 23.7 Å². The fourth-order valence-corrected chi connectivity index (χ4v) is 3.14. The maximum Gasteiger partial charge on any atom is 0.0462 e. The number of unbranched alkanes of at least 4 members (excludes halogenated alkanes) is 4. The molecular weight excluding hydrogens is 184 g/mol. The molecule has 1 nitrogen and oxygen atoms in total. The summed E-state index contributed by atoms with van der Waals surface area (Å²) in [7, 11) is 0. The molecule has 2 saturated carbocycles. The zero-order valence-corrected chi connectivity index (χ0v) is 10.1. The molecule has 2 aliphatic carbocycles. The largest absolute Gasteiger partial charge is 0.396 e. The van der Waals surface area contributed by atoms with E-state index < -0.39 is 0 Å². The van der Waals surface area contributed by atoms with Crippen LogP contribution in [-0.2, 0) is 0 Å². The molecule has 4 unspecified atom stereocenters. The van der Waals surface area contributed by atoms with Crippen molar-refractivity contribution in [1.29, 1.82) is 0 Å². The topological polar surface area (TPSA) is 20.2 Å². The van der Waals surface area contributed by atoms with Crippen molar-refractivity contribution in [3.63, 3.8) is 0 Å². The molecule has 15 heavy (non-hydrogen) atoms. The van der Waals surface area contributed by atoms with Crippen LogP contribution in [0.5, 0.6) is 0 Å². The molecular formula is C14H26O. The summed E-state index contributed by atoms with van der Waals surface area (Å²) in [6.45, 7) is 2.73. The summed E-state index contributed by atoms with van der Waals surface area (Å²) in [5.41, 5.74) is 0. The summed E-state index contributed by atoms with van der Waals surface area (Å²) >= 11 is 0. The highest BCUT2D eigenvalue weighted by Crippen LogP contribution is 2.59. The fourth-order valence-electron chi connectivity index (χ4n) is 3.14. The lowest BCUT2D eigenvalue weighted by atomic mass is 10.1. The van der Waals surface area contributed by atoms with E-state index in [4.69, 9.17) is 5.11 Å². The van der Waals surface area contributed by atoms with Crippen LogP contribution < -0.4 is 0 Å². The van der Waals surface area contributed by atoms with Crippen LogP contribution in [0.4, 0.5) is 0 Å². The monoisotopic (exact) mass is 210 g/mol. The van der Waals surface area contributed by atoms with Crippen LogP contribution in [-0.4, -0.2) is 11.7 Å². The molecule has 88 valence electrons. The second kappa shape index (κ2) is 5.34.